The van der Waals surface area contributed by atoms with Crippen LogP contribution in [0, 0.1) is 10.1 Å². The van der Waals surface area contributed by atoms with Crippen molar-refractivity contribution in [2.75, 3.05) is 6.16 Å². The van der Waals surface area contributed by atoms with Crippen molar-refractivity contribution in [3.05, 3.63) is 63.9 Å². The zero-order chi connectivity index (χ0) is 16.0. The Morgan fingerprint density at radius 3 is 2.64 bits per heavy atom. The highest BCUT2D eigenvalue weighted by Crippen LogP contribution is 2.41. The largest absolute Gasteiger partial charge is 0.433 e. The van der Waals surface area contributed by atoms with Crippen LogP contribution >= 0.6 is 7.60 Å². The Balaban J connectivity index is 1.78. The van der Waals surface area contributed by atoms with E-state index in [1.807, 2.05) is 30.3 Å². The summed E-state index contributed by atoms with van der Waals surface area (Å²) in [5, 5.41) is 10.5. The fourth-order valence-electron chi connectivity index (χ4n) is 1.71. The van der Waals surface area contributed by atoms with Gasteiger partial charge < -0.3 is 9.31 Å². The lowest BCUT2D eigenvalue weighted by atomic mass is 10.2. The molecule has 2 N–H and O–H groups in total. The van der Waals surface area contributed by atoms with Crippen molar-refractivity contribution in [2.24, 2.45) is 0 Å². The number of aryl methyl sites for hydroxylation is 1. The second kappa shape index (κ2) is 7.33. The summed E-state index contributed by atoms with van der Waals surface area (Å²) in [5.41, 5.74) is 3.36. The SMILES string of the molecule is O=[N+]([O-])c1ccc(CCP(=O)(O)ONCc2ccccc2)o1. The van der Waals surface area contributed by atoms with Gasteiger partial charge in [0.05, 0.1) is 12.2 Å². The lowest BCUT2D eigenvalue weighted by molar-refractivity contribution is -0.402. The van der Waals surface area contributed by atoms with Gasteiger partial charge in [-0.15, -0.1) is 0 Å². The van der Waals surface area contributed by atoms with Gasteiger partial charge in [0.25, 0.3) is 0 Å². The van der Waals surface area contributed by atoms with Crippen molar-refractivity contribution in [1.29, 1.82) is 0 Å². The Bertz CT molecular complexity index is 672. The highest BCUT2D eigenvalue weighted by molar-refractivity contribution is 7.52. The Labute approximate surface area is 126 Å². The van der Waals surface area contributed by atoms with Gasteiger partial charge in [0.1, 0.15) is 10.7 Å². The van der Waals surface area contributed by atoms with E-state index < -0.39 is 18.4 Å². The molecule has 118 valence electrons. The first-order valence-electron chi connectivity index (χ1n) is 6.46. The van der Waals surface area contributed by atoms with E-state index in [0.717, 1.165) is 5.56 Å². The van der Waals surface area contributed by atoms with Crippen molar-refractivity contribution in [3.8, 4) is 0 Å². The lowest BCUT2D eigenvalue weighted by Gasteiger charge is -2.11. The molecular formula is C13H15N2O6P. The number of nitro groups is 1. The standard InChI is InChI=1S/C13H15N2O6P/c16-15(17)13-7-6-12(20-13)8-9-22(18,19)21-14-10-11-4-2-1-3-5-11/h1-7,14H,8-10H2,(H,18,19). The lowest BCUT2D eigenvalue weighted by Crippen LogP contribution is -2.14. The van der Waals surface area contributed by atoms with E-state index in [0.29, 0.717) is 0 Å². The number of hydrogen-bond acceptors (Lipinski definition) is 6. The van der Waals surface area contributed by atoms with Crippen LogP contribution in [-0.2, 0) is 22.2 Å². The van der Waals surface area contributed by atoms with Crippen molar-refractivity contribution in [2.45, 2.75) is 13.0 Å². The molecule has 2 rings (SSSR count). The smallest absolute Gasteiger partial charge is 0.406 e. The summed E-state index contributed by atoms with van der Waals surface area (Å²) in [6.07, 6.45) is -0.145. The summed E-state index contributed by atoms with van der Waals surface area (Å²) in [6.45, 7) is 0.289. The Kier molecular flexibility index (Phi) is 5.46. The Hall–Kier alpha value is -1.99. The fourth-order valence-corrected chi connectivity index (χ4v) is 2.57. The van der Waals surface area contributed by atoms with Gasteiger partial charge in [0, 0.05) is 13.0 Å². The molecular weight excluding hydrogens is 311 g/mol. The molecule has 1 atom stereocenters. The molecule has 1 unspecified atom stereocenters. The van der Waals surface area contributed by atoms with Crippen LogP contribution in [0.25, 0.3) is 0 Å². The second-order valence-corrected chi connectivity index (χ2v) is 6.41. The predicted octanol–water partition coefficient (Wildman–Crippen LogP) is 2.64. The summed E-state index contributed by atoms with van der Waals surface area (Å²) < 4.78 is 21.5. The summed E-state index contributed by atoms with van der Waals surface area (Å²) in [4.78, 5) is 19.5. The molecule has 1 heterocycles. The molecule has 0 saturated heterocycles. The van der Waals surface area contributed by atoms with Crippen molar-refractivity contribution in [1.82, 2.24) is 5.48 Å². The van der Waals surface area contributed by atoms with Crippen LogP contribution in [0.4, 0.5) is 5.88 Å². The van der Waals surface area contributed by atoms with Crippen LogP contribution in [0.2, 0.25) is 0 Å². The monoisotopic (exact) mass is 326 g/mol. The first kappa shape index (κ1) is 16.4. The van der Waals surface area contributed by atoms with Gasteiger partial charge in [-0.25, -0.2) is 4.62 Å². The molecule has 9 heteroatoms. The van der Waals surface area contributed by atoms with E-state index in [4.69, 9.17) is 9.04 Å². The molecule has 0 radical (unpaired) electrons. The highest BCUT2D eigenvalue weighted by atomic mass is 31.2. The molecule has 8 nitrogen and oxygen atoms in total. The average Bonchev–Trinajstić information content (AvgIpc) is 2.95. The summed E-state index contributed by atoms with van der Waals surface area (Å²) in [6, 6.07) is 11.9. The molecule has 0 aliphatic rings. The van der Waals surface area contributed by atoms with E-state index >= 15 is 0 Å². The number of rotatable bonds is 8. The number of benzene rings is 1. The molecule has 0 aliphatic carbocycles. The van der Waals surface area contributed by atoms with Gasteiger partial charge in [-0.2, -0.15) is 5.48 Å². The zero-order valence-electron chi connectivity index (χ0n) is 11.5. The third-order valence-corrected chi connectivity index (χ3v) is 4.00. The molecule has 0 bridgehead atoms. The third kappa shape index (κ3) is 5.09. The van der Waals surface area contributed by atoms with E-state index in [1.165, 1.54) is 12.1 Å². The minimum absolute atomic E-state index is 0.0641. The maximum Gasteiger partial charge on any atom is 0.433 e. The van der Waals surface area contributed by atoms with Crippen molar-refractivity contribution < 1.29 is 23.4 Å². The van der Waals surface area contributed by atoms with Gasteiger partial charge in [-0.3, -0.25) is 14.7 Å². The quantitative estimate of drug-likeness (QED) is 0.435. The van der Waals surface area contributed by atoms with Gasteiger partial charge in [-0.05, 0) is 11.6 Å². The minimum Gasteiger partial charge on any atom is -0.406 e. The maximum atomic E-state index is 11.8. The first-order chi connectivity index (χ1) is 10.5. The summed E-state index contributed by atoms with van der Waals surface area (Å²) in [5.74, 6) is -0.140. The van der Waals surface area contributed by atoms with Crippen LogP contribution in [0.15, 0.2) is 46.9 Å². The van der Waals surface area contributed by atoms with Gasteiger partial charge in [0.15, 0.2) is 0 Å². The topological polar surface area (TPSA) is 115 Å². The molecule has 1 aromatic carbocycles. The number of nitrogens with one attached hydrogen (secondary N) is 1. The van der Waals surface area contributed by atoms with Crippen molar-refractivity contribution >= 4 is 13.5 Å². The summed E-state index contributed by atoms with van der Waals surface area (Å²) in [7, 11) is -3.85. The molecule has 0 spiro atoms. The third-order valence-electron chi connectivity index (χ3n) is 2.79. The molecule has 0 aliphatic heterocycles. The number of nitrogens with zero attached hydrogens (tertiary/aromatic N) is 1. The maximum absolute atomic E-state index is 11.8. The molecule has 0 saturated carbocycles. The molecule has 22 heavy (non-hydrogen) atoms. The van der Waals surface area contributed by atoms with Gasteiger partial charge >= 0.3 is 13.5 Å². The predicted molar refractivity (Wildman–Crippen MR) is 78.1 cm³/mol. The Morgan fingerprint density at radius 2 is 2.00 bits per heavy atom. The minimum atomic E-state index is -3.85. The van der Waals surface area contributed by atoms with E-state index in [2.05, 4.69) is 5.48 Å². The van der Waals surface area contributed by atoms with Crippen molar-refractivity contribution in [3.63, 3.8) is 0 Å². The molecule has 0 amide bonds. The van der Waals surface area contributed by atoms with Crippen LogP contribution in [0.3, 0.4) is 0 Å². The van der Waals surface area contributed by atoms with Gasteiger partial charge in [-0.1, -0.05) is 30.3 Å². The number of furan rings is 1. The molecule has 2 aromatic rings. The normalized spacial score (nSPS) is 13.7. The number of hydrogen-bond donors (Lipinski definition) is 2. The highest BCUT2D eigenvalue weighted by Gasteiger charge is 2.21. The zero-order valence-corrected chi connectivity index (χ0v) is 12.4. The summed E-state index contributed by atoms with van der Waals surface area (Å²) >= 11 is 0. The van der Waals surface area contributed by atoms with E-state index in [1.54, 1.807) is 0 Å². The number of hydroxylamine groups is 1. The molecule has 1 aromatic heterocycles. The van der Waals surface area contributed by atoms with E-state index in [-0.39, 0.29) is 24.9 Å². The Morgan fingerprint density at radius 1 is 1.27 bits per heavy atom. The van der Waals surface area contributed by atoms with Gasteiger partial charge in [0.2, 0.25) is 0 Å². The van der Waals surface area contributed by atoms with Crippen LogP contribution in [0.1, 0.15) is 11.3 Å². The fraction of sp³-hybridized carbons (Fsp3) is 0.231. The van der Waals surface area contributed by atoms with Crippen LogP contribution in [-0.4, -0.2) is 16.0 Å². The first-order valence-corrected chi connectivity index (χ1v) is 8.23. The average molecular weight is 326 g/mol. The molecule has 0 fully saturated rings. The van der Waals surface area contributed by atoms with Crippen LogP contribution in [0.5, 0.6) is 0 Å². The van der Waals surface area contributed by atoms with E-state index in [9.17, 15) is 19.6 Å². The van der Waals surface area contributed by atoms with Crippen LogP contribution < -0.4 is 5.48 Å². The second-order valence-electron chi connectivity index (χ2n) is 4.51.